The van der Waals surface area contributed by atoms with E-state index in [0.29, 0.717) is 19.4 Å². The number of unbranched alkanes of at least 4 members (excludes halogenated alkanes) is 9. The third-order valence-corrected chi connectivity index (χ3v) is 5.87. The molecule has 0 aromatic rings. The van der Waals surface area contributed by atoms with Crippen molar-refractivity contribution in [2.75, 3.05) is 19.4 Å². The van der Waals surface area contributed by atoms with Crippen molar-refractivity contribution in [3.8, 4) is 0 Å². The number of hydrogen-bond donors (Lipinski definition) is 0. The molecule has 0 saturated carbocycles. The van der Waals surface area contributed by atoms with Crippen LogP contribution in [0.4, 0.5) is 0 Å². The van der Waals surface area contributed by atoms with E-state index in [0.717, 1.165) is 51.4 Å². The fourth-order valence-corrected chi connectivity index (χ4v) is 4.12. The molecule has 0 amide bonds. The maximum atomic E-state index is 12.8. The lowest BCUT2D eigenvalue weighted by atomic mass is 10.1. The first kappa shape index (κ1) is 22.1. The van der Waals surface area contributed by atoms with E-state index in [9.17, 15) is 4.57 Å². The second kappa shape index (κ2) is 16.0. The third kappa shape index (κ3) is 13.8. The second-order valence-electron chi connectivity index (χ2n) is 6.18. The van der Waals surface area contributed by atoms with E-state index in [1.165, 1.54) is 25.7 Å². The quantitative estimate of drug-likeness (QED) is 0.213. The lowest BCUT2D eigenvalue weighted by Crippen LogP contribution is -2.03. The Hall–Kier alpha value is 0.150. The first-order valence-electron chi connectivity index (χ1n) is 9.56. The summed E-state index contributed by atoms with van der Waals surface area (Å²) in [6.07, 6.45) is 14.3. The molecule has 0 bridgehead atoms. The van der Waals surface area contributed by atoms with Gasteiger partial charge in [-0.2, -0.15) is 0 Å². The van der Waals surface area contributed by atoms with Crippen LogP contribution in [0.1, 0.15) is 97.8 Å². The van der Waals surface area contributed by atoms with Gasteiger partial charge in [0.25, 0.3) is 0 Å². The fourth-order valence-electron chi connectivity index (χ4n) is 2.36. The highest BCUT2D eigenvalue weighted by Gasteiger charge is 2.23. The zero-order valence-electron chi connectivity index (χ0n) is 15.3. The van der Waals surface area contributed by atoms with Gasteiger partial charge in [0.2, 0.25) is 0 Å². The van der Waals surface area contributed by atoms with E-state index >= 15 is 0 Å². The van der Waals surface area contributed by atoms with Gasteiger partial charge in [0.05, 0.1) is 19.4 Å². The Morgan fingerprint density at radius 2 is 1.00 bits per heavy atom. The second-order valence-corrected chi connectivity index (χ2v) is 8.37. The third-order valence-electron chi connectivity index (χ3n) is 3.86. The molecule has 0 N–H and O–H groups in total. The van der Waals surface area contributed by atoms with Crippen molar-refractivity contribution in [1.29, 1.82) is 0 Å². The van der Waals surface area contributed by atoms with Crippen LogP contribution in [0.2, 0.25) is 0 Å². The number of rotatable bonds is 17. The molecule has 0 saturated heterocycles. The van der Waals surface area contributed by atoms with Gasteiger partial charge in [-0.25, -0.2) is 0 Å². The molecule has 0 aliphatic rings. The molecule has 0 fully saturated rings. The summed E-state index contributed by atoms with van der Waals surface area (Å²) in [7, 11) is -2.86. The van der Waals surface area contributed by atoms with Gasteiger partial charge in [0, 0.05) is 0 Å². The Morgan fingerprint density at radius 3 is 1.50 bits per heavy atom. The van der Waals surface area contributed by atoms with Crippen LogP contribution < -0.4 is 0 Å². The lowest BCUT2D eigenvalue weighted by molar-refractivity contribution is 0.197. The molecule has 0 radical (unpaired) electrons. The molecule has 0 heterocycles. The standard InChI is InChI=1S/C18H39O3P/c1-4-7-10-11-12-15-18-22(19,20-16-13-8-5-2)21-17-14-9-6-3/h4-18H2,1-3H3. The van der Waals surface area contributed by atoms with Gasteiger partial charge in [-0.15, -0.1) is 0 Å². The van der Waals surface area contributed by atoms with Crippen LogP contribution in [0.3, 0.4) is 0 Å². The monoisotopic (exact) mass is 334 g/mol. The summed E-state index contributed by atoms with van der Waals surface area (Å²) in [5.41, 5.74) is 0. The molecular formula is C18H39O3P. The molecule has 3 nitrogen and oxygen atoms in total. The zero-order chi connectivity index (χ0) is 16.5. The average molecular weight is 334 g/mol. The zero-order valence-corrected chi connectivity index (χ0v) is 16.2. The highest BCUT2D eigenvalue weighted by molar-refractivity contribution is 7.53. The Bertz CT molecular complexity index is 253. The molecule has 134 valence electrons. The van der Waals surface area contributed by atoms with Crippen molar-refractivity contribution in [2.24, 2.45) is 0 Å². The Labute approximate surface area is 139 Å². The minimum absolute atomic E-state index is 0.578. The molecule has 0 aliphatic carbocycles. The first-order valence-corrected chi connectivity index (χ1v) is 11.3. The van der Waals surface area contributed by atoms with Crippen LogP contribution >= 0.6 is 7.60 Å². The summed E-state index contributed by atoms with van der Waals surface area (Å²) in [6.45, 7) is 7.71. The van der Waals surface area contributed by atoms with E-state index in [1.54, 1.807) is 0 Å². The molecule has 0 atom stereocenters. The average Bonchev–Trinajstić information content (AvgIpc) is 2.52. The molecule has 0 rings (SSSR count). The van der Waals surface area contributed by atoms with Crippen molar-refractivity contribution in [1.82, 2.24) is 0 Å². The molecular weight excluding hydrogens is 295 g/mol. The van der Waals surface area contributed by atoms with Crippen LogP contribution in [-0.2, 0) is 13.6 Å². The summed E-state index contributed by atoms with van der Waals surface area (Å²) < 4.78 is 24.1. The highest BCUT2D eigenvalue weighted by Crippen LogP contribution is 2.49. The Balaban J connectivity index is 3.99. The van der Waals surface area contributed by atoms with Crippen LogP contribution in [-0.4, -0.2) is 19.4 Å². The van der Waals surface area contributed by atoms with Gasteiger partial charge in [-0.1, -0.05) is 78.6 Å². The van der Waals surface area contributed by atoms with Crippen molar-refractivity contribution < 1.29 is 13.6 Å². The summed E-state index contributed by atoms with van der Waals surface area (Å²) in [5, 5.41) is 0. The van der Waals surface area contributed by atoms with E-state index in [-0.39, 0.29) is 0 Å². The summed E-state index contributed by atoms with van der Waals surface area (Å²) >= 11 is 0. The topological polar surface area (TPSA) is 35.5 Å². The van der Waals surface area contributed by atoms with Crippen molar-refractivity contribution in [3.05, 3.63) is 0 Å². The minimum Gasteiger partial charge on any atom is -0.309 e. The van der Waals surface area contributed by atoms with Gasteiger partial charge in [-0.3, -0.25) is 4.57 Å². The van der Waals surface area contributed by atoms with E-state index < -0.39 is 7.60 Å². The van der Waals surface area contributed by atoms with Gasteiger partial charge >= 0.3 is 7.60 Å². The molecule has 4 heteroatoms. The first-order chi connectivity index (χ1) is 10.7. The van der Waals surface area contributed by atoms with Crippen LogP contribution in [0, 0.1) is 0 Å². The SMILES string of the molecule is CCCCCCCCP(=O)(OCCCCC)OCCCCC. The normalized spacial score (nSPS) is 12.0. The lowest BCUT2D eigenvalue weighted by Gasteiger charge is -2.18. The van der Waals surface area contributed by atoms with Gasteiger partial charge in [0.1, 0.15) is 0 Å². The fraction of sp³-hybridized carbons (Fsp3) is 1.00. The maximum Gasteiger partial charge on any atom is 0.330 e. The van der Waals surface area contributed by atoms with E-state index in [1.807, 2.05) is 0 Å². The highest BCUT2D eigenvalue weighted by atomic mass is 31.2. The molecule has 0 spiro atoms. The maximum absolute atomic E-state index is 12.8. The van der Waals surface area contributed by atoms with Crippen LogP contribution in [0.5, 0.6) is 0 Å². The van der Waals surface area contributed by atoms with Gasteiger partial charge in [0.15, 0.2) is 0 Å². The molecule has 0 aliphatic heterocycles. The van der Waals surface area contributed by atoms with Crippen molar-refractivity contribution in [3.63, 3.8) is 0 Å². The molecule has 0 aromatic carbocycles. The molecule has 22 heavy (non-hydrogen) atoms. The summed E-state index contributed by atoms with van der Waals surface area (Å²) in [4.78, 5) is 0. The van der Waals surface area contributed by atoms with Crippen LogP contribution in [0.15, 0.2) is 0 Å². The van der Waals surface area contributed by atoms with Crippen LogP contribution in [0.25, 0.3) is 0 Å². The van der Waals surface area contributed by atoms with Crippen molar-refractivity contribution >= 4 is 7.60 Å². The van der Waals surface area contributed by atoms with E-state index in [2.05, 4.69) is 20.8 Å². The molecule has 0 aromatic heterocycles. The Kier molecular flexibility index (Phi) is 16.1. The number of hydrogen-bond acceptors (Lipinski definition) is 3. The summed E-state index contributed by atoms with van der Waals surface area (Å²) in [6, 6.07) is 0. The van der Waals surface area contributed by atoms with Gasteiger partial charge in [-0.05, 0) is 19.3 Å². The minimum atomic E-state index is -2.86. The molecule has 0 unspecified atom stereocenters. The van der Waals surface area contributed by atoms with E-state index in [4.69, 9.17) is 9.05 Å². The predicted octanol–water partition coefficient (Wildman–Crippen LogP) is 6.95. The Morgan fingerprint density at radius 1 is 0.591 bits per heavy atom. The smallest absolute Gasteiger partial charge is 0.309 e. The largest absolute Gasteiger partial charge is 0.330 e. The summed E-state index contributed by atoms with van der Waals surface area (Å²) in [5.74, 6) is 0. The van der Waals surface area contributed by atoms with Crippen molar-refractivity contribution in [2.45, 2.75) is 97.8 Å². The van der Waals surface area contributed by atoms with Gasteiger partial charge < -0.3 is 9.05 Å². The predicted molar refractivity (Wildman–Crippen MR) is 96.8 cm³/mol.